The minimum atomic E-state index is -3.76. The van der Waals surface area contributed by atoms with Gasteiger partial charge < -0.3 is 0 Å². The first kappa shape index (κ1) is 12.9. The van der Waals surface area contributed by atoms with Crippen molar-refractivity contribution in [1.29, 1.82) is 0 Å². The predicted molar refractivity (Wildman–Crippen MR) is 61.1 cm³/mol. The Morgan fingerprint density at radius 1 is 1.50 bits per heavy atom. The Morgan fingerprint density at radius 2 is 2.19 bits per heavy atom. The molecule has 0 fully saturated rings. The molecule has 0 aliphatic heterocycles. The van der Waals surface area contributed by atoms with E-state index in [4.69, 9.17) is 0 Å². The summed E-state index contributed by atoms with van der Waals surface area (Å²) < 4.78 is 39.0. The molecule has 0 aliphatic carbocycles. The van der Waals surface area contributed by atoms with E-state index in [2.05, 4.69) is 11.3 Å². The number of hydrogen-bond donors (Lipinski definition) is 1. The number of aryl methyl sites for hydroxylation is 1. The Hall–Kier alpha value is -1.20. The molecule has 0 saturated heterocycles. The molecule has 0 unspecified atom stereocenters. The van der Waals surface area contributed by atoms with E-state index >= 15 is 0 Å². The molecule has 0 aromatic heterocycles. The van der Waals surface area contributed by atoms with Crippen molar-refractivity contribution in [2.45, 2.75) is 18.2 Å². The van der Waals surface area contributed by atoms with E-state index in [1.807, 2.05) is 0 Å². The van der Waals surface area contributed by atoms with Gasteiger partial charge in [-0.05, 0) is 31.0 Å². The second kappa shape index (κ2) is 5.23. The van der Waals surface area contributed by atoms with Crippen molar-refractivity contribution in [3.8, 4) is 0 Å². The molecule has 0 heterocycles. The lowest BCUT2D eigenvalue weighted by atomic mass is 10.2. The molecule has 0 bridgehead atoms. The van der Waals surface area contributed by atoms with E-state index in [1.165, 1.54) is 12.1 Å². The summed E-state index contributed by atoms with van der Waals surface area (Å²) in [5.74, 6) is -0.739. The highest BCUT2D eigenvalue weighted by Gasteiger charge is 2.17. The van der Waals surface area contributed by atoms with Crippen LogP contribution in [0.2, 0.25) is 0 Å². The number of benzene rings is 1. The highest BCUT2D eigenvalue weighted by Crippen LogP contribution is 2.15. The Bertz CT molecular complexity index is 483. The van der Waals surface area contributed by atoms with Gasteiger partial charge in [0.1, 0.15) is 10.7 Å². The fourth-order valence-electron chi connectivity index (χ4n) is 1.19. The van der Waals surface area contributed by atoms with Crippen LogP contribution in [0.1, 0.15) is 12.0 Å². The van der Waals surface area contributed by atoms with Gasteiger partial charge in [0, 0.05) is 6.54 Å². The zero-order valence-corrected chi connectivity index (χ0v) is 9.85. The molecule has 1 N–H and O–H groups in total. The van der Waals surface area contributed by atoms with E-state index in [1.54, 1.807) is 13.0 Å². The van der Waals surface area contributed by atoms with Crippen molar-refractivity contribution in [1.82, 2.24) is 4.72 Å². The number of hydrogen-bond acceptors (Lipinski definition) is 2. The van der Waals surface area contributed by atoms with Gasteiger partial charge in [-0.15, -0.1) is 6.58 Å². The van der Waals surface area contributed by atoms with Gasteiger partial charge in [-0.2, -0.15) is 0 Å². The van der Waals surface area contributed by atoms with Gasteiger partial charge in [0.05, 0.1) is 0 Å². The molecule has 0 atom stereocenters. The van der Waals surface area contributed by atoms with Crippen LogP contribution in [0.3, 0.4) is 0 Å². The second-order valence-corrected chi connectivity index (χ2v) is 5.14. The Balaban J connectivity index is 2.97. The molecule has 16 heavy (non-hydrogen) atoms. The van der Waals surface area contributed by atoms with E-state index in [-0.39, 0.29) is 11.4 Å². The van der Waals surface area contributed by atoms with Crippen molar-refractivity contribution in [3.63, 3.8) is 0 Å². The summed E-state index contributed by atoms with van der Waals surface area (Å²) in [4.78, 5) is -0.309. The quantitative estimate of drug-likeness (QED) is 0.635. The highest BCUT2D eigenvalue weighted by atomic mass is 32.2. The van der Waals surface area contributed by atoms with Crippen molar-refractivity contribution in [3.05, 3.63) is 42.2 Å². The third kappa shape index (κ3) is 3.15. The molecule has 0 amide bonds. The number of halogens is 1. The summed E-state index contributed by atoms with van der Waals surface area (Å²) in [6, 6.07) is 3.99. The van der Waals surface area contributed by atoms with Gasteiger partial charge in [0.2, 0.25) is 10.0 Å². The lowest BCUT2D eigenvalue weighted by molar-refractivity contribution is 0.557. The van der Waals surface area contributed by atoms with Gasteiger partial charge in [0.25, 0.3) is 0 Å². The third-order valence-electron chi connectivity index (χ3n) is 2.02. The summed E-state index contributed by atoms with van der Waals surface area (Å²) in [5, 5.41) is 0. The molecule has 1 aromatic rings. The molecule has 0 saturated carbocycles. The van der Waals surface area contributed by atoms with Gasteiger partial charge in [-0.25, -0.2) is 17.5 Å². The van der Waals surface area contributed by atoms with E-state index < -0.39 is 15.8 Å². The van der Waals surface area contributed by atoms with Crippen LogP contribution < -0.4 is 4.72 Å². The largest absolute Gasteiger partial charge is 0.243 e. The predicted octanol–water partition coefficient (Wildman–Crippen LogP) is 1.99. The Labute approximate surface area is 95.0 Å². The average molecular weight is 243 g/mol. The van der Waals surface area contributed by atoms with Gasteiger partial charge in [-0.1, -0.05) is 12.1 Å². The second-order valence-electron chi connectivity index (χ2n) is 3.41. The van der Waals surface area contributed by atoms with Crippen LogP contribution in [0.4, 0.5) is 4.39 Å². The summed E-state index contributed by atoms with van der Waals surface area (Å²) in [6.07, 6.45) is 2.10. The van der Waals surface area contributed by atoms with Gasteiger partial charge in [0.15, 0.2) is 0 Å². The first-order chi connectivity index (χ1) is 7.47. The third-order valence-corrected chi connectivity index (χ3v) is 3.49. The number of rotatable bonds is 5. The first-order valence-electron chi connectivity index (χ1n) is 4.84. The molecular formula is C11H14FNO2S. The lowest BCUT2D eigenvalue weighted by Crippen LogP contribution is -2.25. The Kier molecular flexibility index (Phi) is 4.20. The zero-order valence-electron chi connectivity index (χ0n) is 9.03. The SMILES string of the molecule is C=CCCNS(=O)(=O)c1cc(C)ccc1F. The minimum Gasteiger partial charge on any atom is -0.211 e. The molecule has 0 aliphatic rings. The van der Waals surface area contributed by atoms with Crippen molar-refractivity contribution in [2.24, 2.45) is 0 Å². The minimum absolute atomic E-state index is 0.221. The molecule has 1 rings (SSSR count). The number of sulfonamides is 1. The van der Waals surface area contributed by atoms with Crippen LogP contribution in [0.15, 0.2) is 35.7 Å². The topological polar surface area (TPSA) is 46.2 Å². The summed E-state index contributed by atoms with van der Waals surface area (Å²) >= 11 is 0. The highest BCUT2D eigenvalue weighted by molar-refractivity contribution is 7.89. The monoisotopic (exact) mass is 243 g/mol. The normalized spacial score (nSPS) is 11.4. The van der Waals surface area contributed by atoms with Crippen molar-refractivity contribution >= 4 is 10.0 Å². The van der Waals surface area contributed by atoms with Crippen LogP contribution in [-0.4, -0.2) is 15.0 Å². The number of nitrogens with one attached hydrogen (secondary N) is 1. The molecule has 1 aromatic carbocycles. The van der Waals surface area contributed by atoms with Crippen molar-refractivity contribution < 1.29 is 12.8 Å². The maximum atomic E-state index is 13.3. The fourth-order valence-corrected chi connectivity index (χ4v) is 2.40. The maximum Gasteiger partial charge on any atom is 0.243 e. The lowest BCUT2D eigenvalue weighted by Gasteiger charge is -2.07. The van der Waals surface area contributed by atoms with Crippen LogP contribution in [-0.2, 0) is 10.0 Å². The van der Waals surface area contributed by atoms with E-state index in [9.17, 15) is 12.8 Å². The van der Waals surface area contributed by atoms with Crippen LogP contribution >= 0.6 is 0 Å². The molecule has 0 spiro atoms. The molecule has 0 radical (unpaired) electrons. The fraction of sp³-hybridized carbons (Fsp3) is 0.273. The van der Waals surface area contributed by atoms with Crippen molar-refractivity contribution in [2.75, 3.05) is 6.54 Å². The molecule has 3 nitrogen and oxygen atoms in total. The Morgan fingerprint density at radius 3 is 2.81 bits per heavy atom. The molecular weight excluding hydrogens is 229 g/mol. The molecule has 88 valence electrons. The smallest absolute Gasteiger partial charge is 0.211 e. The van der Waals surface area contributed by atoms with Crippen LogP contribution in [0, 0.1) is 12.7 Å². The van der Waals surface area contributed by atoms with E-state index in [0.717, 1.165) is 6.07 Å². The first-order valence-corrected chi connectivity index (χ1v) is 6.32. The van der Waals surface area contributed by atoms with Gasteiger partial charge in [-0.3, -0.25) is 0 Å². The maximum absolute atomic E-state index is 13.3. The summed E-state index contributed by atoms with van der Waals surface area (Å²) in [5.41, 5.74) is 0.700. The average Bonchev–Trinajstić information content (AvgIpc) is 2.22. The van der Waals surface area contributed by atoms with Crippen LogP contribution in [0.25, 0.3) is 0 Å². The summed E-state index contributed by atoms with van der Waals surface area (Å²) in [7, 11) is -3.76. The van der Waals surface area contributed by atoms with Crippen LogP contribution in [0.5, 0.6) is 0 Å². The van der Waals surface area contributed by atoms with Gasteiger partial charge >= 0.3 is 0 Å². The standard InChI is InChI=1S/C11H14FNO2S/c1-3-4-7-13-16(14,15)11-8-9(2)5-6-10(11)12/h3,5-6,8,13H,1,4,7H2,2H3. The summed E-state index contributed by atoms with van der Waals surface area (Å²) in [6.45, 7) is 5.41. The van der Waals surface area contributed by atoms with E-state index in [0.29, 0.717) is 12.0 Å². The zero-order chi connectivity index (χ0) is 12.2. The molecule has 5 heteroatoms.